The molecule has 3 aromatic heterocycles. The van der Waals surface area contributed by atoms with E-state index in [9.17, 15) is 5.26 Å². The summed E-state index contributed by atoms with van der Waals surface area (Å²) in [6.07, 6.45) is 14.1. The van der Waals surface area contributed by atoms with Gasteiger partial charge < -0.3 is 4.74 Å². The number of nitrogens with zero attached hydrogens (tertiary/aromatic N) is 4. The minimum Gasteiger partial charge on any atom is -0.492 e. The molecule has 3 rings (SSSR count). The Kier molecular flexibility index (Phi) is 7.84. The van der Waals surface area contributed by atoms with Crippen LogP contribution in [0.2, 0.25) is 0 Å². The Morgan fingerprint density at radius 2 is 1.97 bits per heavy atom. The lowest BCUT2D eigenvalue weighted by molar-refractivity contribution is 0.338. The summed E-state index contributed by atoms with van der Waals surface area (Å²) in [6.45, 7) is 6.96. The Balaban J connectivity index is 1.94. The van der Waals surface area contributed by atoms with Gasteiger partial charge in [0.2, 0.25) is 0 Å². The topological polar surface area (TPSA) is 63.2 Å². The summed E-state index contributed by atoms with van der Waals surface area (Å²) < 4.78 is 7.59. The highest BCUT2D eigenvalue weighted by Gasteiger charge is 2.22. The third kappa shape index (κ3) is 4.99. The lowest BCUT2D eigenvalue weighted by atomic mass is 9.95. The molecule has 30 heavy (non-hydrogen) atoms. The van der Waals surface area contributed by atoms with Crippen LogP contribution in [0.5, 0.6) is 5.75 Å². The van der Waals surface area contributed by atoms with Crippen LogP contribution in [0.1, 0.15) is 82.9 Å². The number of hydrogen-bond acceptors (Lipinski definition) is 4. The second-order valence-electron chi connectivity index (χ2n) is 7.89. The lowest BCUT2D eigenvalue weighted by Gasteiger charge is -2.09. The second-order valence-corrected chi connectivity index (χ2v) is 7.89. The third-order valence-electron chi connectivity index (χ3n) is 5.58. The van der Waals surface area contributed by atoms with Gasteiger partial charge >= 0.3 is 0 Å². The molecule has 158 valence electrons. The maximum absolute atomic E-state index is 10.0. The van der Waals surface area contributed by atoms with Crippen molar-refractivity contribution in [3.05, 3.63) is 48.0 Å². The average Bonchev–Trinajstić information content (AvgIpc) is 3.15. The summed E-state index contributed by atoms with van der Waals surface area (Å²) in [5.74, 6) is 0.981. The van der Waals surface area contributed by atoms with Crippen molar-refractivity contribution < 1.29 is 4.74 Å². The van der Waals surface area contributed by atoms with Crippen molar-refractivity contribution in [3.63, 3.8) is 0 Å². The van der Waals surface area contributed by atoms with Crippen molar-refractivity contribution in [2.45, 2.75) is 71.6 Å². The third-order valence-corrected chi connectivity index (χ3v) is 5.58. The first-order valence-corrected chi connectivity index (χ1v) is 11.2. The second kappa shape index (κ2) is 10.8. The van der Waals surface area contributed by atoms with Crippen molar-refractivity contribution in [2.24, 2.45) is 0 Å². The molecule has 0 aliphatic rings. The van der Waals surface area contributed by atoms with E-state index in [2.05, 4.69) is 24.9 Å². The van der Waals surface area contributed by atoms with Crippen LogP contribution in [0, 0.1) is 11.3 Å². The normalized spacial score (nSPS) is 12.1. The summed E-state index contributed by atoms with van der Waals surface area (Å²) in [5, 5.41) is 14.9. The van der Waals surface area contributed by atoms with Gasteiger partial charge in [0.1, 0.15) is 17.4 Å². The van der Waals surface area contributed by atoms with Gasteiger partial charge in [-0.05, 0) is 25.5 Å². The van der Waals surface area contributed by atoms with Gasteiger partial charge in [0.15, 0.2) is 0 Å². The Labute approximate surface area is 179 Å². The maximum Gasteiger partial charge on any atom is 0.138 e. The number of aromatic nitrogens is 3. The summed E-state index contributed by atoms with van der Waals surface area (Å²) in [7, 11) is 0. The van der Waals surface area contributed by atoms with Gasteiger partial charge in [0.05, 0.1) is 24.0 Å². The van der Waals surface area contributed by atoms with E-state index in [1.165, 1.54) is 38.5 Å². The molecule has 0 saturated carbocycles. The zero-order valence-electron chi connectivity index (χ0n) is 18.4. The lowest BCUT2D eigenvalue weighted by Crippen LogP contribution is -1.98. The smallest absolute Gasteiger partial charge is 0.138 e. The highest BCUT2D eigenvalue weighted by atomic mass is 16.5. The highest BCUT2D eigenvalue weighted by molar-refractivity contribution is 5.86. The summed E-state index contributed by atoms with van der Waals surface area (Å²) >= 11 is 0. The number of pyridine rings is 2. The fourth-order valence-electron chi connectivity index (χ4n) is 3.98. The molecular weight excluding hydrogens is 372 g/mol. The van der Waals surface area contributed by atoms with Crippen LogP contribution in [0.15, 0.2) is 36.8 Å². The molecule has 0 aliphatic heterocycles. The monoisotopic (exact) mass is 404 g/mol. The van der Waals surface area contributed by atoms with E-state index in [-0.39, 0.29) is 5.92 Å². The van der Waals surface area contributed by atoms with Crippen LogP contribution in [0.4, 0.5) is 0 Å². The molecule has 0 radical (unpaired) electrons. The van der Waals surface area contributed by atoms with E-state index < -0.39 is 0 Å². The molecule has 3 aromatic rings. The highest BCUT2D eigenvalue weighted by Crippen LogP contribution is 2.34. The van der Waals surface area contributed by atoms with Crippen molar-refractivity contribution >= 4 is 5.52 Å². The fourth-order valence-corrected chi connectivity index (χ4v) is 3.98. The molecule has 0 fully saturated rings. The molecule has 0 aromatic carbocycles. The molecule has 1 unspecified atom stereocenters. The van der Waals surface area contributed by atoms with Gasteiger partial charge in [-0.1, -0.05) is 58.4 Å². The van der Waals surface area contributed by atoms with Crippen LogP contribution in [0.3, 0.4) is 0 Å². The Bertz CT molecular complexity index is 988. The first-order chi connectivity index (χ1) is 14.7. The van der Waals surface area contributed by atoms with Crippen molar-refractivity contribution in [1.29, 1.82) is 5.26 Å². The number of rotatable bonds is 11. The Hall–Kier alpha value is -2.87. The number of ether oxygens (including phenoxy) is 1. The molecular formula is C25H32N4O. The number of nitriles is 1. The standard InChI is InChI=1S/C25H32N4O/c1-4-6-7-8-9-10-12-19(3)24-23(16-26)25-22(20-13-11-14-27-17-20)15-21(30-5-2)18-29(25)28-24/h11,13-15,17-19H,4-10,12H2,1-3H3. The largest absolute Gasteiger partial charge is 0.492 e. The predicted octanol–water partition coefficient (Wildman–Crippen LogP) is 6.52. The quantitative estimate of drug-likeness (QED) is 0.341. The van der Waals surface area contributed by atoms with Crippen LogP contribution < -0.4 is 4.74 Å². The summed E-state index contributed by atoms with van der Waals surface area (Å²) in [5.41, 5.74) is 4.26. The molecule has 0 aliphatic carbocycles. The van der Waals surface area contributed by atoms with Crippen molar-refractivity contribution in [3.8, 4) is 22.9 Å². The molecule has 5 nitrogen and oxygen atoms in total. The van der Waals surface area contributed by atoms with Crippen LogP contribution in [-0.4, -0.2) is 21.2 Å². The SMILES string of the molecule is CCCCCCCCC(C)c1nn2cc(OCC)cc(-c3cccnc3)c2c1C#N. The van der Waals surface area contributed by atoms with Gasteiger partial charge in [-0.2, -0.15) is 10.4 Å². The van der Waals surface area contributed by atoms with Gasteiger partial charge in [0, 0.05) is 29.4 Å². The van der Waals surface area contributed by atoms with Crippen LogP contribution in [-0.2, 0) is 0 Å². The van der Waals surface area contributed by atoms with E-state index >= 15 is 0 Å². The summed E-state index contributed by atoms with van der Waals surface area (Å²) in [4.78, 5) is 4.26. The zero-order chi connectivity index (χ0) is 21.3. The molecule has 0 bridgehead atoms. The molecule has 0 amide bonds. The predicted molar refractivity (Wildman–Crippen MR) is 121 cm³/mol. The fraction of sp³-hybridized carbons (Fsp3) is 0.480. The van der Waals surface area contributed by atoms with Crippen LogP contribution >= 0.6 is 0 Å². The molecule has 0 saturated heterocycles. The van der Waals surface area contributed by atoms with Gasteiger partial charge in [0.25, 0.3) is 0 Å². The Morgan fingerprint density at radius 3 is 2.67 bits per heavy atom. The van der Waals surface area contributed by atoms with Crippen molar-refractivity contribution in [1.82, 2.24) is 14.6 Å². The van der Waals surface area contributed by atoms with Gasteiger partial charge in [-0.15, -0.1) is 0 Å². The molecule has 0 spiro atoms. The maximum atomic E-state index is 10.0. The summed E-state index contributed by atoms with van der Waals surface area (Å²) in [6, 6.07) is 8.33. The molecule has 3 heterocycles. The zero-order valence-corrected chi connectivity index (χ0v) is 18.4. The molecule has 1 atom stereocenters. The van der Waals surface area contributed by atoms with Gasteiger partial charge in [-0.3, -0.25) is 4.98 Å². The van der Waals surface area contributed by atoms with Crippen molar-refractivity contribution in [2.75, 3.05) is 6.61 Å². The van der Waals surface area contributed by atoms with E-state index in [0.29, 0.717) is 12.2 Å². The molecule has 0 N–H and O–H groups in total. The number of fused-ring (bicyclic) bond motifs is 1. The van der Waals surface area contributed by atoms with Crippen LogP contribution in [0.25, 0.3) is 16.6 Å². The molecule has 5 heteroatoms. The van der Waals surface area contributed by atoms with E-state index in [0.717, 1.165) is 34.5 Å². The first-order valence-electron chi connectivity index (χ1n) is 11.2. The van der Waals surface area contributed by atoms with Gasteiger partial charge in [-0.25, -0.2) is 4.52 Å². The van der Waals surface area contributed by atoms with E-state index in [1.54, 1.807) is 6.20 Å². The number of unbranched alkanes of at least 4 members (excludes halogenated alkanes) is 5. The Morgan fingerprint density at radius 1 is 1.17 bits per heavy atom. The van der Waals surface area contributed by atoms with E-state index in [4.69, 9.17) is 9.84 Å². The number of hydrogen-bond donors (Lipinski definition) is 0. The minimum atomic E-state index is 0.239. The van der Waals surface area contributed by atoms with E-state index in [1.807, 2.05) is 42.0 Å². The minimum absolute atomic E-state index is 0.239. The average molecular weight is 405 g/mol. The first kappa shape index (κ1) is 21.8.